The molecule has 0 bridgehead atoms. The molecule has 0 radical (unpaired) electrons. The summed E-state index contributed by atoms with van der Waals surface area (Å²) in [6, 6.07) is 23.1. The van der Waals surface area contributed by atoms with E-state index in [9.17, 15) is 38.7 Å². The molecule has 8 atom stereocenters. The molecular weight excluding hydrogens is 1060 g/mol. The average Bonchev–Trinajstić information content (AvgIpc) is 4.08. The number of primary amides is 1. The van der Waals surface area contributed by atoms with Gasteiger partial charge in [-0.15, -0.1) is 0 Å². The van der Waals surface area contributed by atoms with Crippen molar-refractivity contribution >= 4 is 90.7 Å². The van der Waals surface area contributed by atoms with E-state index in [1.54, 1.807) is 67.0 Å². The van der Waals surface area contributed by atoms with Crippen LogP contribution in [0, 0.1) is 0 Å². The number of unbranched alkanes of at least 4 members (excludes halogenated alkanes) is 1. The molecular formula is C57H70N12O9S2. The summed E-state index contributed by atoms with van der Waals surface area (Å²) in [4.78, 5) is 122. The largest absolute Gasteiger partial charge is 0.391 e. The minimum atomic E-state index is -1.67. The smallest absolute Gasteiger partial charge is 0.245 e. The molecule has 21 nitrogen and oxygen atoms in total. The number of carbonyl (C=O) groups excluding carboxylic acids is 8. The minimum absolute atomic E-state index is 0.0129. The van der Waals surface area contributed by atoms with Crippen LogP contribution in [-0.4, -0.2) is 147 Å². The van der Waals surface area contributed by atoms with Crippen LogP contribution >= 0.6 is 21.6 Å². The molecule has 1 aliphatic rings. The van der Waals surface area contributed by atoms with E-state index in [1.807, 2.05) is 54.6 Å². The number of para-hydroxylation sites is 2. The first kappa shape index (κ1) is 60.0. The Morgan fingerprint density at radius 2 is 1.05 bits per heavy atom. The van der Waals surface area contributed by atoms with Crippen LogP contribution in [0.4, 0.5) is 0 Å². The van der Waals surface area contributed by atoms with Gasteiger partial charge in [0.2, 0.25) is 47.3 Å². The van der Waals surface area contributed by atoms with Crippen molar-refractivity contribution in [3.63, 3.8) is 0 Å². The van der Waals surface area contributed by atoms with Gasteiger partial charge in [-0.05, 0) is 67.1 Å². The van der Waals surface area contributed by atoms with Gasteiger partial charge >= 0.3 is 0 Å². The SMILES string of the molecule is C[C@@H](O)[C@@H]1NC(=O)[C@@H](CCCCN)NC(=O)[C@@H](Cc2c[nH]c3ccccc23)NC(=O)[C@@H](Cc2c[nH]c3ccccc23)NC(=O)[C@H](Cc2ccccc2)NC(=O)[C@@H](N)CSSCCN(CC(N)=O)C(=O)[C@@H](Cc2ccccc2)NC1=O. The zero-order chi connectivity index (χ0) is 57.1. The fraction of sp³-hybridized carbons (Fsp3) is 0.368. The Hall–Kier alpha value is -7.70. The molecule has 23 heteroatoms. The third kappa shape index (κ3) is 16.9. The van der Waals surface area contributed by atoms with Gasteiger partial charge in [0.05, 0.1) is 18.7 Å². The second kappa shape index (κ2) is 29.5. The average molecular weight is 1130 g/mol. The molecule has 15 N–H and O–H groups in total. The predicted octanol–water partition coefficient (Wildman–Crippen LogP) is 1.37. The summed E-state index contributed by atoms with van der Waals surface area (Å²) in [5, 5.41) is 29.4. The highest BCUT2D eigenvalue weighted by atomic mass is 33.1. The summed E-state index contributed by atoms with van der Waals surface area (Å²) in [6.45, 7) is 0.999. The molecule has 80 heavy (non-hydrogen) atoms. The zero-order valence-electron chi connectivity index (χ0n) is 44.4. The fourth-order valence-electron chi connectivity index (χ4n) is 9.43. The number of fused-ring (bicyclic) bond motifs is 2. The van der Waals surface area contributed by atoms with Crippen molar-refractivity contribution in [3.05, 3.63) is 144 Å². The molecule has 0 spiro atoms. The van der Waals surface area contributed by atoms with E-state index in [0.29, 0.717) is 35.1 Å². The van der Waals surface area contributed by atoms with Crippen LogP contribution in [0.25, 0.3) is 21.8 Å². The number of carbonyl (C=O) groups is 8. The molecule has 3 heterocycles. The van der Waals surface area contributed by atoms with Crippen molar-refractivity contribution in [1.29, 1.82) is 0 Å². The number of nitrogens with two attached hydrogens (primary N) is 3. The van der Waals surface area contributed by atoms with E-state index < -0.39 is 102 Å². The Kier molecular flexibility index (Phi) is 22.1. The van der Waals surface area contributed by atoms with Gasteiger partial charge in [0.25, 0.3) is 0 Å². The first-order chi connectivity index (χ1) is 38.6. The van der Waals surface area contributed by atoms with Crippen molar-refractivity contribution in [1.82, 2.24) is 46.8 Å². The third-order valence-corrected chi connectivity index (χ3v) is 16.1. The molecule has 4 aromatic carbocycles. The van der Waals surface area contributed by atoms with Gasteiger partial charge in [0, 0.05) is 77.9 Å². The molecule has 8 amide bonds. The highest BCUT2D eigenvalue weighted by molar-refractivity contribution is 8.76. The van der Waals surface area contributed by atoms with E-state index >= 15 is 4.79 Å². The van der Waals surface area contributed by atoms with Crippen LogP contribution in [0.5, 0.6) is 0 Å². The maximum Gasteiger partial charge on any atom is 0.245 e. The van der Waals surface area contributed by atoms with Crippen LogP contribution in [0.3, 0.4) is 0 Å². The van der Waals surface area contributed by atoms with Crippen molar-refractivity contribution < 1.29 is 43.5 Å². The number of hydrogen-bond donors (Lipinski definition) is 12. The number of nitrogens with zero attached hydrogens (tertiary/aromatic N) is 1. The Bertz CT molecular complexity index is 3090. The number of hydrogen-bond acceptors (Lipinski definition) is 13. The maximum atomic E-state index is 15.1. The lowest BCUT2D eigenvalue weighted by molar-refractivity contribution is -0.140. The summed E-state index contributed by atoms with van der Waals surface area (Å²) in [6.07, 6.45) is 2.50. The third-order valence-electron chi connectivity index (χ3n) is 13.7. The van der Waals surface area contributed by atoms with Gasteiger partial charge in [0.1, 0.15) is 36.3 Å². The van der Waals surface area contributed by atoms with E-state index in [1.165, 1.54) is 33.4 Å². The standard InChI is InChI=1S/C57H70N12O9S2/c1-34(70)50-56(77)67-48(27-36-16-6-3-7-17-36)57(78)69(32-49(60)71)24-25-79-80-33-41(59)51(72)64-45(26-35-14-4-2-5-15-35)53(74)65-47(29-38-31-62-43-21-11-9-19-40(38)43)55(76)66-46(28-37-30-61-42-20-10-8-18-39(37)42)54(75)63-44(52(73)68-50)22-12-13-23-58/h2-11,14-21,30-31,34,41,44-48,50,61-62,70H,12-13,22-29,32-33,58-59H2,1H3,(H2,60,71)(H,63,75)(H,64,72)(H,65,74)(H,66,76)(H,67,77)(H,68,73)/t34-,41+,44-,45+,46-,47-,48-,50+/m1/s1. The number of aromatic amines is 2. The number of aliphatic hydroxyl groups is 1. The molecule has 0 aliphatic carbocycles. The van der Waals surface area contributed by atoms with Crippen molar-refractivity contribution in [2.24, 2.45) is 17.2 Å². The number of benzene rings is 4. The molecule has 7 rings (SSSR count). The molecule has 6 aromatic rings. The number of aliphatic hydroxyl groups excluding tert-OH is 1. The number of aromatic nitrogens is 2. The molecule has 2 aromatic heterocycles. The molecule has 1 aliphatic heterocycles. The van der Waals surface area contributed by atoms with Gasteiger partial charge < -0.3 is 69.1 Å². The first-order valence-corrected chi connectivity index (χ1v) is 29.0. The first-order valence-electron chi connectivity index (χ1n) is 26.5. The molecule has 1 saturated heterocycles. The van der Waals surface area contributed by atoms with Crippen LogP contribution in [0.2, 0.25) is 0 Å². The highest BCUT2D eigenvalue weighted by Crippen LogP contribution is 2.24. The number of nitrogens with one attached hydrogen (secondary N) is 8. The number of amides is 8. The molecule has 0 saturated carbocycles. The van der Waals surface area contributed by atoms with Crippen LogP contribution < -0.4 is 49.1 Å². The molecule has 0 unspecified atom stereocenters. The van der Waals surface area contributed by atoms with Crippen LogP contribution in [0.15, 0.2) is 122 Å². The van der Waals surface area contributed by atoms with E-state index in [4.69, 9.17) is 17.2 Å². The topological polar surface area (TPSA) is 342 Å². The lowest BCUT2D eigenvalue weighted by atomic mass is 10.00. The normalized spacial score (nSPS) is 22.4. The molecule has 1 fully saturated rings. The Labute approximate surface area is 471 Å². The monoisotopic (exact) mass is 1130 g/mol. The summed E-state index contributed by atoms with van der Waals surface area (Å²) >= 11 is 0. The second-order valence-corrected chi connectivity index (χ2v) is 22.4. The Morgan fingerprint density at radius 3 is 1.57 bits per heavy atom. The van der Waals surface area contributed by atoms with Crippen molar-refractivity contribution in [2.45, 2.75) is 100 Å². The fourth-order valence-corrected chi connectivity index (χ4v) is 11.5. The summed E-state index contributed by atoms with van der Waals surface area (Å²) in [5.74, 6) is -5.96. The van der Waals surface area contributed by atoms with E-state index in [2.05, 4.69) is 41.9 Å². The van der Waals surface area contributed by atoms with Crippen LogP contribution in [-0.2, 0) is 64.0 Å². The minimum Gasteiger partial charge on any atom is -0.391 e. The summed E-state index contributed by atoms with van der Waals surface area (Å²) in [7, 11) is 2.47. The van der Waals surface area contributed by atoms with E-state index in [-0.39, 0.29) is 56.7 Å². The Morgan fingerprint density at radius 1 is 0.588 bits per heavy atom. The summed E-state index contributed by atoms with van der Waals surface area (Å²) < 4.78 is 0. The highest BCUT2D eigenvalue weighted by Gasteiger charge is 2.37. The van der Waals surface area contributed by atoms with Crippen molar-refractivity contribution in [3.8, 4) is 0 Å². The second-order valence-electron chi connectivity index (χ2n) is 19.8. The predicted molar refractivity (Wildman–Crippen MR) is 309 cm³/mol. The maximum absolute atomic E-state index is 15.1. The van der Waals surface area contributed by atoms with Gasteiger partial charge in [-0.2, -0.15) is 0 Å². The number of rotatable bonds is 15. The summed E-state index contributed by atoms with van der Waals surface area (Å²) in [5.41, 5.74) is 22.2. The quantitative estimate of drug-likeness (QED) is 0.0512. The van der Waals surface area contributed by atoms with Gasteiger partial charge in [0.15, 0.2) is 0 Å². The zero-order valence-corrected chi connectivity index (χ0v) is 46.0. The van der Waals surface area contributed by atoms with Gasteiger partial charge in [-0.3, -0.25) is 38.4 Å². The van der Waals surface area contributed by atoms with Gasteiger partial charge in [-0.1, -0.05) is 119 Å². The lowest BCUT2D eigenvalue weighted by Crippen LogP contribution is -2.62. The lowest BCUT2D eigenvalue weighted by Gasteiger charge is -2.30. The Balaban J connectivity index is 1.28. The van der Waals surface area contributed by atoms with Crippen LogP contribution in [0.1, 0.15) is 48.4 Å². The van der Waals surface area contributed by atoms with Gasteiger partial charge in [-0.25, -0.2) is 0 Å². The van der Waals surface area contributed by atoms with Crippen molar-refractivity contribution in [2.75, 3.05) is 31.1 Å². The number of H-pyrrole nitrogens is 2. The molecule has 424 valence electrons. The van der Waals surface area contributed by atoms with E-state index in [0.717, 1.165) is 21.8 Å².